The van der Waals surface area contributed by atoms with E-state index in [1.807, 2.05) is 29.2 Å². The van der Waals surface area contributed by atoms with E-state index in [-0.39, 0.29) is 18.6 Å². The lowest BCUT2D eigenvalue weighted by Gasteiger charge is -2.15. The largest absolute Gasteiger partial charge is 0.484 e. The Kier molecular flexibility index (Phi) is 4.95. The van der Waals surface area contributed by atoms with Gasteiger partial charge in [0.2, 0.25) is 0 Å². The molecule has 2 aliphatic heterocycles. The van der Waals surface area contributed by atoms with Crippen LogP contribution in [0.15, 0.2) is 24.3 Å². The van der Waals surface area contributed by atoms with E-state index >= 15 is 0 Å². The molecule has 2 N–H and O–H groups in total. The summed E-state index contributed by atoms with van der Waals surface area (Å²) in [5, 5.41) is 12.8. The molecule has 1 aromatic carbocycles. The summed E-state index contributed by atoms with van der Waals surface area (Å²) in [5.74, 6) is 0.807. The number of benzene rings is 1. The van der Waals surface area contributed by atoms with E-state index in [4.69, 9.17) is 4.74 Å². The number of hydrogen-bond donors (Lipinski definition) is 2. The first-order chi connectivity index (χ1) is 10.7. The second kappa shape index (κ2) is 7.11. The first kappa shape index (κ1) is 15.3. The maximum Gasteiger partial charge on any atom is 0.260 e. The summed E-state index contributed by atoms with van der Waals surface area (Å²) in [6.45, 7) is 2.53. The van der Waals surface area contributed by atoms with Gasteiger partial charge in [0.1, 0.15) is 5.75 Å². The second-order valence-corrected chi connectivity index (χ2v) is 6.22. The number of hydrogen-bond acceptors (Lipinski definition) is 4. The smallest absolute Gasteiger partial charge is 0.260 e. The van der Waals surface area contributed by atoms with E-state index in [2.05, 4.69) is 5.32 Å². The fourth-order valence-corrected chi connectivity index (χ4v) is 3.16. The molecule has 0 aromatic heterocycles. The Balaban J connectivity index is 1.45. The molecule has 2 saturated heterocycles. The Morgan fingerprint density at radius 1 is 1.27 bits per heavy atom. The van der Waals surface area contributed by atoms with E-state index in [1.54, 1.807) is 0 Å². The third-order valence-electron chi connectivity index (χ3n) is 4.43. The van der Waals surface area contributed by atoms with Crippen molar-refractivity contribution in [3.05, 3.63) is 29.8 Å². The van der Waals surface area contributed by atoms with Gasteiger partial charge in [-0.3, -0.25) is 4.79 Å². The minimum atomic E-state index is -0.218. The molecule has 0 spiro atoms. The van der Waals surface area contributed by atoms with Crippen molar-refractivity contribution in [3.63, 3.8) is 0 Å². The first-order valence-electron chi connectivity index (χ1n) is 8.11. The van der Waals surface area contributed by atoms with Crippen LogP contribution in [0.2, 0.25) is 0 Å². The van der Waals surface area contributed by atoms with Crippen molar-refractivity contribution in [2.24, 2.45) is 0 Å². The van der Waals surface area contributed by atoms with Crippen LogP contribution in [0.1, 0.15) is 24.8 Å². The summed E-state index contributed by atoms with van der Waals surface area (Å²) in [6, 6.07) is 8.23. The molecule has 0 radical (unpaired) electrons. The van der Waals surface area contributed by atoms with E-state index in [0.717, 1.165) is 44.5 Å². The van der Waals surface area contributed by atoms with Gasteiger partial charge in [-0.15, -0.1) is 0 Å². The number of rotatable bonds is 5. The number of aliphatic hydroxyl groups excluding tert-OH is 1. The molecule has 1 aromatic rings. The molecule has 5 heteroatoms. The number of nitrogens with one attached hydrogen (secondary N) is 1. The molecular formula is C17H24N2O3. The molecule has 0 bridgehead atoms. The molecule has 2 aliphatic rings. The summed E-state index contributed by atoms with van der Waals surface area (Å²) in [6.07, 6.45) is 3.70. The molecule has 0 saturated carbocycles. The van der Waals surface area contributed by atoms with Crippen LogP contribution in [0.25, 0.3) is 0 Å². The van der Waals surface area contributed by atoms with Crippen molar-refractivity contribution >= 4 is 5.91 Å². The number of ether oxygens (including phenoxy) is 1. The minimum Gasteiger partial charge on any atom is -0.484 e. The van der Waals surface area contributed by atoms with Crippen LogP contribution >= 0.6 is 0 Å². The fraction of sp³-hybridized carbons (Fsp3) is 0.588. The van der Waals surface area contributed by atoms with Gasteiger partial charge in [-0.05, 0) is 43.4 Å². The second-order valence-electron chi connectivity index (χ2n) is 6.22. The fourth-order valence-electron chi connectivity index (χ4n) is 3.16. The molecular weight excluding hydrogens is 280 g/mol. The van der Waals surface area contributed by atoms with Gasteiger partial charge in [-0.1, -0.05) is 12.1 Å². The van der Waals surface area contributed by atoms with Crippen LogP contribution < -0.4 is 10.1 Å². The Morgan fingerprint density at radius 2 is 2.00 bits per heavy atom. The molecule has 5 nitrogen and oxygen atoms in total. The van der Waals surface area contributed by atoms with Gasteiger partial charge < -0.3 is 20.1 Å². The Morgan fingerprint density at radius 3 is 2.64 bits per heavy atom. The Hall–Kier alpha value is -1.59. The highest BCUT2D eigenvalue weighted by molar-refractivity contribution is 5.78. The summed E-state index contributed by atoms with van der Waals surface area (Å²) in [4.78, 5) is 13.8. The average Bonchev–Trinajstić information content (AvgIpc) is 3.18. The zero-order valence-corrected chi connectivity index (χ0v) is 12.8. The average molecular weight is 304 g/mol. The third kappa shape index (κ3) is 3.99. The van der Waals surface area contributed by atoms with E-state index < -0.39 is 0 Å². The first-order valence-corrected chi connectivity index (χ1v) is 8.11. The molecule has 2 heterocycles. The van der Waals surface area contributed by atoms with Crippen LogP contribution in [-0.2, 0) is 11.2 Å². The van der Waals surface area contributed by atoms with Crippen LogP contribution in [-0.4, -0.2) is 54.3 Å². The highest BCUT2D eigenvalue weighted by atomic mass is 16.5. The number of aliphatic hydroxyl groups is 1. The Bertz CT molecular complexity index is 497. The van der Waals surface area contributed by atoms with Gasteiger partial charge in [0, 0.05) is 25.7 Å². The molecule has 0 unspecified atom stereocenters. The van der Waals surface area contributed by atoms with Gasteiger partial charge >= 0.3 is 0 Å². The number of carbonyl (C=O) groups excluding carboxylic acids is 1. The number of amides is 1. The molecule has 2 atom stereocenters. The van der Waals surface area contributed by atoms with Crippen molar-refractivity contribution in [2.75, 3.05) is 26.2 Å². The van der Waals surface area contributed by atoms with E-state index in [0.29, 0.717) is 12.6 Å². The predicted molar refractivity (Wildman–Crippen MR) is 83.9 cm³/mol. The lowest BCUT2D eigenvalue weighted by atomic mass is 10.0. The number of carbonyl (C=O) groups is 1. The van der Waals surface area contributed by atoms with Gasteiger partial charge in [0.25, 0.3) is 5.91 Å². The highest BCUT2D eigenvalue weighted by Crippen LogP contribution is 2.17. The monoisotopic (exact) mass is 304 g/mol. The quantitative estimate of drug-likeness (QED) is 0.850. The number of likely N-dealkylation sites (tertiary alicyclic amines) is 1. The normalized spacial score (nSPS) is 24.7. The SMILES string of the molecule is O=C(COc1ccc(C[C@@H]2C[C@@H](O)CN2)cc1)N1CCCC1. The molecule has 22 heavy (non-hydrogen) atoms. The minimum absolute atomic E-state index is 0.0747. The lowest BCUT2D eigenvalue weighted by molar-refractivity contribution is -0.132. The maximum atomic E-state index is 11.9. The molecule has 1 amide bonds. The summed E-state index contributed by atoms with van der Waals surface area (Å²) >= 11 is 0. The maximum absolute atomic E-state index is 11.9. The van der Waals surface area contributed by atoms with Crippen LogP contribution in [0, 0.1) is 0 Å². The van der Waals surface area contributed by atoms with Gasteiger partial charge in [0.05, 0.1) is 6.10 Å². The standard InChI is InChI=1S/C17H24N2O3/c20-15-10-14(18-11-15)9-13-3-5-16(6-4-13)22-12-17(21)19-7-1-2-8-19/h3-6,14-15,18,20H,1-2,7-12H2/t14-,15-/m1/s1. The molecule has 2 fully saturated rings. The Labute approximate surface area is 131 Å². The van der Waals surface area contributed by atoms with Crippen molar-refractivity contribution in [2.45, 2.75) is 37.8 Å². The van der Waals surface area contributed by atoms with Crippen LogP contribution in [0.3, 0.4) is 0 Å². The molecule has 0 aliphatic carbocycles. The zero-order valence-electron chi connectivity index (χ0n) is 12.8. The van der Waals surface area contributed by atoms with Crippen molar-refractivity contribution in [1.82, 2.24) is 10.2 Å². The van der Waals surface area contributed by atoms with Gasteiger partial charge in [-0.25, -0.2) is 0 Å². The molecule has 3 rings (SSSR count). The lowest BCUT2D eigenvalue weighted by Crippen LogP contribution is -2.32. The number of β-amino-alcohol motifs (C(OH)–C–C–N with tert-alkyl or cyclic N) is 1. The van der Waals surface area contributed by atoms with Crippen LogP contribution in [0.4, 0.5) is 0 Å². The summed E-state index contributed by atoms with van der Waals surface area (Å²) in [5.41, 5.74) is 1.21. The van der Waals surface area contributed by atoms with E-state index in [9.17, 15) is 9.90 Å². The zero-order chi connectivity index (χ0) is 15.4. The summed E-state index contributed by atoms with van der Waals surface area (Å²) < 4.78 is 5.58. The predicted octanol–water partition coefficient (Wildman–Crippen LogP) is 0.953. The highest BCUT2D eigenvalue weighted by Gasteiger charge is 2.22. The molecule has 120 valence electrons. The third-order valence-corrected chi connectivity index (χ3v) is 4.43. The number of nitrogens with zero attached hydrogens (tertiary/aromatic N) is 1. The van der Waals surface area contributed by atoms with Gasteiger partial charge in [-0.2, -0.15) is 0 Å². The van der Waals surface area contributed by atoms with Crippen molar-refractivity contribution in [1.29, 1.82) is 0 Å². The summed E-state index contributed by atoms with van der Waals surface area (Å²) in [7, 11) is 0. The van der Waals surface area contributed by atoms with Gasteiger partial charge in [0.15, 0.2) is 6.61 Å². The van der Waals surface area contributed by atoms with Crippen LogP contribution in [0.5, 0.6) is 5.75 Å². The topological polar surface area (TPSA) is 61.8 Å². The van der Waals surface area contributed by atoms with Crippen molar-refractivity contribution < 1.29 is 14.6 Å². The van der Waals surface area contributed by atoms with Crippen molar-refractivity contribution in [3.8, 4) is 5.75 Å². The van der Waals surface area contributed by atoms with E-state index in [1.165, 1.54) is 5.56 Å².